The molecule has 2 saturated heterocycles. The van der Waals surface area contributed by atoms with E-state index in [0.29, 0.717) is 6.04 Å². The van der Waals surface area contributed by atoms with Gasteiger partial charge in [-0.1, -0.05) is 36.8 Å². The van der Waals surface area contributed by atoms with Gasteiger partial charge in [-0.15, -0.1) is 0 Å². The van der Waals surface area contributed by atoms with Crippen LogP contribution in [0.4, 0.5) is 0 Å². The summed E-state index contributed by atoms with van der Waals surface area (Å²) in [5.74, 6) is 0.125. The largest absolute Gasteiger partial charge is 0.291 e. The highest BCUT2D eigenvalue weighted by Gasteiger charge is 2.38. The van der Waals surface area contributed by atoms with Gasteiger partial charge in [0, 0.05) is 24.6 Å². The average molecular weight is 231 g/mol. The van der Waals surface area contributed by atoms with E-state index in [-0.39, 0.29) is 11.9 Å². The summed E-state index contributed by atoms with van der Waals surface area (Å²) in [6.45, 7) is 0.975. The lowest BCUT2D eigenvalue weighted by Gasteiger charge is -2.26. The highest BCUT2D eigenvalue weighted by Crippen LogP contribution is 2.30. The van der Waals surface area contributed by atoms with E-state index in [4.69, 9.17) is 4.84 Å². The minimum absolute atomic E-state index is 0.125. The zero-order chi connectivity index (χ0) is 11.7. The molecule has 3 heteroatoms. The van der Waals surface area contributed by atoms with Crippen LogP contribution in [0, 0.1) is 0 Å². The van der Waals surface area contributed by atoms with Crippen LogP contribution in [0.3, 0.4) is 0 Å². The van der Waals surface area contributed by atoms with Crippen molar-refractivity contribution in [2.45, 2.75) is 37.8 Å². The van der Waals surface area contributed by atoms with Crippen molar-refractivity contribution >= 4 is 5.78 Å². The maximum Gasteiger partial charge on any atom is 0.193 e. The summed E-state index contributed by atoms with van der Waals surface area (Å²) < 4.78 is 0. The maximum atomic E-state index is 12.2. The molecule has 3 nitrogen and oxygen atoms in total. The van der Waals surface area contributed by atoms with Gasteiger partial charge in [0.2, 0.25) is 0 Å². The van der Waals surface area contributed by atoms with Gasteiger partial charge in [-0.25, -0.2) is 0 Å². The third-order valence-electron chi connectivity index (χ3n) is 3.67. The van der Waals surface area contributed by atoms with E-state index < -0.39 is 0 Å². The highest BCUT2D eigenvalue weighted by atomic mass is 16.7. The van der Waals surface area contributed by atoms with E-state index in [1.807, 2.05) is 35.4 Å². The van der Waals surface area contributed by atoms with Crippen molar-refractivity contribution in [3.05, 3.63) is 35.9 Å². The minimum Gasteiger partial charge on any atom is -0.291 e. The second-order valence-corrected chi connectivity index (χ2v) is 4.85. The fourth-order valence-electron chi connectivity index (χ4n) is 2.75. The molecule has 0 spiro atoms. The number of hydroxylamine groups is 2. The first kappa shape index (κ1) is 10.9. The Morgan fingerprint density at radius 2 is 2.06 bits per heavy atom. The van der Waals surface area contributed by atoms with E-state index in [1.54, 1.807) is 0 Å². The Hall–Kier alpha value is -1.19. The topological polar surface area (TPSA) is 29.5 Å². The lowest BCUT2D eigenvalue weighted by atomic mass is 9.97. The predicted molar refractivity (Wildman–Crippen MR) is 64.6 cm³/mol. The Labute approximate surface area is 101 Å². The molecular weight excluding hydrogens is 214 g/mol. The van der Waals surface area contributed by atoms with E-state index in [2.05, 4.69) is 0 Å². The van der Waals surface area contributed by atoms with E-state index in [0.717, 1.165) is 18.5 Å². The Morgan fingerprint density at radius 1 is 1.24 bits per heavy atom. The molecule has 2 fully saturated rings. The van der Waals surface area contributed by atoms with Crippen molar-refractivity contribution in [2.75, 3.05) is 6.54 Å². The normalized spacial score (nSPS) is 28.9. The molecular formula is C14H17NO2. The van der Waals surface area contributed by atoms with Crippen molar-refractivity contribution in [1.29, 1.82) is 0 Å². The van der Waals surface area contributed by atoms with Crippen LogP contribution in [0.25, 0.3) is 0 Å². The Morgan fingerprint density at radius 3 is 2.82 bits per heavy atom. The van der Waals surface area contributed by atoms with Crippen molar-refractivity contribution in [3.63, 3.8) is 0 Å². The predicted octanol–water partition coefficient (Wildman–Crippen LogP) is 2.43. The van der Waals surface area contributed by atoms with Gasteiger partial charge in [-0.05, 0) is 12.8 Å². The summed E-state index contributed by atoms with van der Waals surface area (Å²) in [7, 11) is 0. The first-order chi connectivity index (χ1) is 8.34. The number of fused-ring (bicyclic) bond motifs is 1. The van der Waals surface area contributed by atoms with Gasteiger partial charge in [0.05, 0.1) is 0 Å². The quantitative estimate of drug-likeness (QED) is 0.732. The van der Waals surface area contributed by atoms with E-state index in [1.165, 1.54) is 19.3 Å². The van der Waals surface area contributed by atoms with E-state index in [9.17, 15) is 4.79 Å². The molecule has 0 aromatic heterocycles. The van der Waals surface area contributed by atoms with Gasteiger partial charge < -0.3 is 0 Å². The fourth-order valence-corrected chi connectivity index (χ4v) is 2.75. The number of Topliss-reactive ketones (excluding diaryl/α,β-unsaturated/α-hetero) is 1. The summed E-state index contributed by atoms with van der Waals surface area (Å²) in [6.07, 6.45) is 4.20. The van der Waals surface area contributed by atoms with Gasteiger partial charge in [0.1, 0.15) is 6.10 Å². The monoisotopic (exact) mass is 231 g/mol. The lowest BCUT2D eigenvalue weighted by molar-refractivity contribution is -0.160. The summed E-state index contributed by atoms with van der Waals surface area (Å²) in [4.78, 5) is 18.0. The van der Waals surface area contributed by atoms with Crippen LogP contribution < -0.4 is 0 Å². The second-order valence-electron chi connectivity index (χ2n) is 4.85. The number of rotatable bonds is 2. The van der Waals surface area contributed by atoms with Gasteiger partial charge >= 0.3 is 0 Å². The molecule has 3 rings (SSSR count). The summed E-state index contributed by atoms with van der Waals surface area (Å²) >= 11 is 0. The summed E-state index contributed by atoms with van der Waals surface area (Å²) in [5.41, 5.74) is 0.761. The van der Waals surface area contributed by atoms with Crippen LogP contribution in [-0.4, -0.2) is 29.5 Å². The first-order valence-electron chi connectivity index (χ1n) is 6.37. The van der Waals surface area contributed by atoms with Crippen molar-refractivity contribution in [3.8, 4) is 0 Å². The molecule has 1 aromatic rings. The molecule has 0 radical (unpaired) electrons. The molecule has 2 unspecified atom stereocenters. The minimum atomic E-state index is -0.263. The molecule has 0 saturated carbocycles. The molecule has 2 atom stereocenters. The van der Waals surface area contributed by atoms with Gasteiger partial charge in [0.15, 0.2) is 5.78 Å². The average Bonchev–Trinajstić information content (AvgIpc) is 2.82. The Bertz CT molecular complexity index is 390. The number of hydrogen-bond acceptors (Lipinski definition) is 3. The molecule has 0 N–H and O–H groups in total. The van der Waals surface area contributed by atoms with Gasteiger partial charge in [0.25, 0.3) is 0 Å². The van der Waals surface area contributed by atoms with Crippen molar-refractivity contribution in [1.82, 2.24) is 5.06 Å². The fraction of sp³-hybridized carbons (Fsp3) is 0.500. The SMILES string of the molecule is O=C(c1ccccc1)C1CC2CCCCN2O1. The number of hydrogen-bond donors (Lipinski definition) is 0. The molecule has 0 aliphatic carbocycles. The number of benzene rings is 1. The molecule has 1 aromatic carbocycles. The van der Waals surface area contributed by atoms with Gasteiger partial charge in [-0.3, -0.25) is 9.63 Å². The summed E-state index contributed by atoms with van der Waals surface area (Å²) in [5, 5.41) is 2.02. The third kappa shape index (κ3) is 2.13. The zero-order valence-electron chi connectivity index (χ0n) is 9.84. The second kappa shape index (κ2) is 4.59. The van der Waals surface area contributed by atoms with Crippen LogP contribution in [0.5, 0.6) is 0 Å². The van der Waals surface area contributed by atoms with Crippen LogP contribution in [-0.2, 0) is 4.84 Å². The lowest BCUT2D eigenvalue weighted by Crippen LogP contribution is -2.33. The van der Waals surface area contributed by atoms with Gasteiger partial charge in [-0.2, -0.15) is 5.06 Å². The smallest absolute Gasteiger partial charge is 0.193 e. The number of nitrogens with zero attached hydrogens (tertiary/aromatic N) is 1. The number of piperidine rings is 1. The molecule has 2 aliphatic rings. The molecule has 2 aliphatic heterocycles. The Balaban J connectivity index is 1.72. The molecule has 0 amide bonds. The maximum absolute atomic E-state index is 12.2. The van der Waals surface area contributed by atoms with Crippen LogP contribution in [0.2, 0.25) is 0 Å². The van der Waals surface area contributed by atoms with Crippen molar-refractivity contribution < 1.29 is 9.63 Å². The van der Waals surface area contributed by atoms with Crippen LogP contribution in [0.1, 0.15) is 36.0 Å². The first-order valence-corrected chi connectivity index (χ1v) is 6.37. The Kier molecular flexibility index (Phi) is 2.95. The third-order valence-corrected chi connectivity index (χ3v) is 3.67. The van der Waals surface area contributed by atoms with E-state index >= 15 is 0 Å². The zero-order valence-corrected chi connectivity index (χ0v) is 9.84. The molecule has 0 bridgehead atoms. The standard InChI is InChI=1S/C14H17NO2/c16-14(11-6-2-1-3-7-11)13-10-12-8-4-5-9-15(12)17-13/h1-3,6-7,12-13H,4-5,8-10H2. The number of carbonyl (C=O) groups excluding carboxylic acids is 1. The number of carbonyl (C=O) groups is 1. The van der Waals surface area contributed by atoms with Crippen LogP contribution in [0.15, 0.2) is 30.3 Å². The summed E-state index contributed by atoms with van der Waals surface area (Å²) in [6, 6.07) is 9.91. The van der Waals surface area contributed by atoms with Crippen LogP contribution >= 0.6 is 0 Å². The molecule has 90 valence electrons. The van der Waals surface area contributed by atoms with Crippen molar-refractivity contribution in [2.24, 2.45) is 0 Å². The molecule has 17 heavy (non-hydrogen) atoms. The molecule has 2 heterocycles. The number of ketones is 1. The highest BCUT2D eigenvalue weighted by molar-refractivity contribution is 5.99.